The summed E-state index contributed by atoms with van der Waals surface area (Å²) >= 11 is 1.21. The van der Waals surface area contributed by atoms with Crippen LogP contribution in [0.3, 0.4) is 0 Å². The van der Waals surface area contributed by atoms with Gasteiger partial charge in [0.1, 0.15) is 10.7 Å². The van der Waals surface area contributed by atoms with Gasteiger partial charge < -0.3 is 9.64 Å². The highest BCUT2D eigenvalue weighted by atomic mass is 32.1. The normalized spacial score (nSPS) is 12.0. The van der Waals surface area contributed by atoms with Crippen molar-refractivity contribution in [2.75, 3.05) is 7.05 Å². The second kappa shape index (κ2) is 7.66. The minimum absolute atomic E-state index is 0.283. The van der Waals surface area contributed by atoms with E-state index in [-0.39, 0.29) is 11.7 Å². The molecule has 2 aromatic carbocycles. The van der Waals surface area contributed by atoms with Crippen LogP contribution < -0.4 is 0 Å². The Hall–Kier alpha value is -2.73. The highest BCUT2D eigenvalue weighted by molar-refractivity contribution is 7.20. The van der Waals surface area contributed by atoms with Crippen molar-refractivity contribution in [3.8, 4) is 0 Å². The molecule has 0 bridgehead atoms. The van der Waals surface area contributed by atoms with Crippen LogP contribution in [-0.2, 0) is 16.1 Å². The molecule has 0 aliphatic carbocycles. The summed E-state index contributed by atoms with van der Waals surface area (Å²) in [5.74, 6) is -1.23. The van der Waals surface area contributed by atoms with E-state index in [2.05, 4.69) is 0 Å². The van der Waals surface area contributed by atoms with Gasteiger partial charge in [0.25, 0.3) is 5.91 Å². The van der Waals surface area contributed by atoms with E-state index in [0.29, 0.717) is 16.8 Å². The molecule has 1 heterocycles. The molecule has 0 saturated heterocycles. The molecule has 0 aliphatic rings. The fourth-order valence-electron chi connectivity index (χ4n) is 2.63. The van der Waals surface area contributed by atoms with E-state index >= 15 is 0 Å². The zero-order valence-electron chi connectivity index (χ0n) is 14.4. The molecule has 0 fully saturated rings. The van der Waals surface area contributed by atoms with Crippen LogP contribution in [-0.4, -0.2) is 29.9 Å². The quantitative estimate of drug-likeness (QED) is 0.630. The van der Waals surface area contributed by atoms with Gasteiger partial charge >= 0.3 is 5.97 Å². The molecule has 4 nitrogen and oxygen atoms in total. The fourth-order valence-corrected chi connectivity index (χ4v) is 3.56. The number of amides is 1. The summed E-state index contributed by atoms with van der Waals surface area (Å²) in [7, 11) is 1.67. The topological polar surface area (TPSA) is 46.6 Å². The smallest absolute Gasteiger partial charge is 0.349 e. The number of ether oxygens (including phenoxy) is 1. The molecule has 0 saturated carbocycles. The number of esters is 1. The van der Waals surface area contributed by atoms with Crippen molar-refractivity contribution in [2.24, 2.45) is 0 Å². The second-order valence-corrected chi connectivity index (χ2v) is 7.10. The van der Waals surface area contributed by atoms with Gasteiger partial charge in [-0.3, -0.25) is 4.79 Å². The maximum absolute atomic E-state index is 13.3. The molecule has 3 rings (SSSR count). The predicted molar refractivity (Wildman–Crippen MR) is 99.6 cm³/mol. The number of nitrogens with zero attached hydrogens (tertiary/aromatic N) is 1. The minimum Gasteiger partial charge on any atom is -0.448 e. The zero-order chi connectivity index (χ0) is 18.7. The van der Waals surface area contributed by atoms with E-state index in [0.717, 1.165) is 10.3 Å². The molecule has 1 atom stereocenters. The first kappa shape index (κ1) is 18.1. The predicted octanol–water partition coefficient (Wildman–Crippen LogP) is 4.24. The molecular weight excluding hydrogens is 353 g/mol. The molecule has 1 aromatic heterocycles. The Morgan fingerprint density at radius 1 is 1.15 bits per heavy atom. The van der Waals surface area contributed by atoms with Crippen LogP contribution in [0.25, 0.3) is 10.1 Å². The van der Waals surface area contributed by atoms with Crippen LogP contribution in [0.2, 0.25) is 0 Å². The van der Waals surface area contributed by atoms with Crippen molar-refractivity contribution in [3.63, 3.8) is 0 Å². The molecule has 0 radical (unpaired) electrons. The van der Waals surface area contributed by atoms with Gasteiger partial charge in [0, 0.05) is 18.3 Å². The molecule has 0 N–H and O–H groups in total. The number of thiophene rings is 1. The number of likely N-dealkylation sites (N-methyl/N-ethyl adjacent to an activating group) is 1. The molecule has 6 heteroatoms. The Bertz CT molecular complexity index is 939. The summed E-state index contributed by atoms with van der Waals surface area (Å²) in [6.45, 7) is 1.98. The van der Waals surface area contributed by atoms with Gasteiger partial charge in [-0.1, -0.05) is 30.3 Å². The standard InChI is InChI=1S/C20H18FNO3S/c1-13(19(23)22(2)12-14-6-4-3-5-7-14)25-20(24)18-11-15-10-16(21)8-9-17(15)26-18/h3-11,13H,12H2,1-2H3/t13-/m1/s1. The number of fused-ring (bicyclic) bond motifs is 1. The average molecular weight is 371 g/mol. The van der Waals surface area contributed by atoms with E-state index in [4.69, 9.17) is 4.74 Å². The lowest BCUT2D eigenvalue weighted by Gasteiger charge is -2.21. The molecule has 0 spiro atoms. The molecule has 134 valence electrons. The van der Waals surface area contributed by atoms with Gasteiger partial charge in [-0.25, -0.2) is 9.18 Å². The first-order chi connectivity index (χ1) is 12.4. The Kier molecular flexibility index (Phi) is 5.32. The molecule has 3 aromatic rings. The van der Waals surface area contributed by atoms with Crippen LogP contribution in [0.1, 0.15) is 22.2 Å². The number of carbonyl (C=O) groups is 2. The third-order valence-electron chi connectivity index (χ3n) is 3.95. The van der Waals surface area contributed by atoms with Crippen molar-refractivity contribution in [2.45, 2.75) is 19.6 Å². The molecule has 26 heavy (non-hydrogen) atoms. The number of benzene rings is 2. The van der Waals surface area contributed by atoms with Crippen molar-refractivity contribution in [3.05, 3.63) is 70.9 Å². The molecule has 0 unspecified atom stereocenters. The van der Waals surface area contributed by atoms with Crippen LogP contribution in [0.4, 0.5) is 4.39 Å². The molecule has 1 amide bonds. The second-order valence-electron chi connectivity index (χ2n) is 6.02. The highest BCUT2D eigenvalue weighted by Gasteiger charge is 2.23. The van der Waals surface area contributed by atoms with Gasteiger partial charge in [0.15, 0.2) is 6.10 Å². The number of hydrogen-bond acceptors (Lipinski definition) is 4. The number of halogens is 1. The van der Waals surface area contributed by atoms with Gasteiger partial charge in [-0.15, -0.1) is 11.3 Å². The van der Waals surface area contributed by atoms with Gasteiger partial charge in [0.05, 0.1) is 0 Å². The third-order valence-corrected chi connectivity index (χ3v) is 5.05. The van der Waals surface area contributed by atoms with E-state index in [1.807, 2.05) is 30.3 Å². The zero-order valence-corrected chi connectivity index (χ0v) is 15.3. The largest absolute Gasteiger partial charge is 0.448 e. The average Bonchev–Trinajstić information content (AvgIpc) is 3.05. The van der Waals surface area contributed by atoms with Gasteiger partial charge in [-0.05, 0) is 42.1 Å². The molecule has 0 aliphatic heterocycles. The lowest BCUT2D eigenvalue weighted by atomic mass is 10.2. The number of carbonyl (C=O) groups excluding carboxylic acids is 2. The van der Waals surface area contributed by atoms with Crippen LogP contribution in [0, 0.1) is 5.82 Å². The van der Waals surface area contributed by atoms with Crippen molar-refractivity contribution in [1.82, 2.24) is 4.90 Å². The summed E-state index contributed by atoms with van der Waals surface area (Å²) in [5.41, 5.74) is 0.994. The van der Waals surface area contributed by atoms with Crippen LogP contribution in [0.5, 0.6) is 0 Å². The maximum Gasteiger partial charge on any atom is 0.349 e. The maximum atomic E-state index is 13.3. The van der Waals surface area contributed by atoms with Gasteiger partial charge in [-0.2, -0.15) is 0 Å². The monoisotopic (exact) mass is 371 g/mol. The summed E-state index contributed by atoms with van der Waals surface area (Å²) in [6, 6.07) is 15.5. The summed E-state index contributed by atoms with van der Waals surface area (Å²) in [4.78, 5) is 26.6. The lowest BCUT2D eigenvalue weighted by Crippen LogP contribution is -2.37. The van der Waals surface area contributed by atoms with E-state index < -0.39 is 12.1 Å². The van der Waals surface area contributed by atoms with Crippen molar-refractivity contribution >= 4 is 33.3 Å². The number of rotatable bonds is 5. The summed E-state index contributed by atoms with van der Waals surface area (Å²) < 4.78 is 19.4. The summed E-state index contributed by atoms with van der Waals surface area (Å²) in [6.07, 6.45) is -0.904. The van der Waals surface area contributed by atoms with Crippen molar-refractivity contribution in [1.29, 1.82) is 0 Å². The van der Waals surface area contributed by atoms with Crippen LogP contribution >= 0.6 is 11.3 Å². The van der Waals surface area contributed by atoms with E-state index in [1.54, 1.807) is 26.1 Å². The van der Waals surface area contributed by atoms with Crippen molar-refractivity contribution < 1.29 is 18.7 Å². The lowest BCUT2D eigenvalue weighted by molar-refractivity contribution is -0.139. The fraction of sp³-hybridized carbons (Fsp3) is 0.200. The Labute approximate surface area is 154 Å². The Balaban J connectivity index is 1.64. The number of hydrogen-bond donors (Lipinski definition) is 0. The van der Waals surface area contributed by atoms with Crippen LogP contribution in [0.15, 0.2) is 54.6 Å². The summed E-state index contributed by atoms with van der Waals surface area (Å²) in [5, 5.41) is 0.641. The Morgan fingerprint density at radius 2 is 1.88 bits per heavy atom. The van der Waals surface area contributed by atoms with E-state index in [9.17, 15) is 14.0 Å². The first-order valence-electron chi connectivity index (χ1n) is 8.13. The molecular formula is C20H18FNO3S. The minimum atomic E-state index is -0.904. The SMILES string of the molecule is C[C@@H](OC(=O)c1cc2cc(F)ccc2s1)C(=O)N(C)Cc1ccccc1. The highest BCUT2D eigenvalue weighted by Crippen LogP contribution is 2.27. The van der Waals surface area contributed by atoms with E-state index in [1.165, 1.54) is 28.4 Å². The Morgan fingerprint density at radius 3 is 2.62 bits per heavy atom. The first-order valence-corrected chi connectivity index (χ1v) is 8.94. The van der Waals surface area contributed by atoms with Gasteiger partial charge in [0.2, 0.25) is 0 Å². The third kappa shape index (κ3) is 4.08.